The van der Waals surface area contributed by atoms with Crippen LogP contribution in [0, 0.1) is 0 Å². The largest absolute Gasteiger partial charge is 0.491 e. The summed E-state index contributed by atoms with van der Waals surface area (Å²) in [6, 6.07) is 5.49. The average Bonchev–Trinajstić information content (AvgIpc) is 2.82. The zero-order chi connectivity index (χ0) is 16.2. The fourth-order valence-corrected chi connectivity index (χ4v) is 2.91. The van der Waals surface area contributed by atoms with Gasteiger partial charge in [0.2, 0.25) is 5.91 Å². The van der Waals surface area contributed by atoms with Crippen LogP contribution in [0.4, 0.5) is 0 Å². The molecule has 2 amide bonds. The lowest BCUT2D eigenvalue weighted by Gasteiger charge is -2.27. The van der Waals surface area contributed by atoms with Crippen LogP contribution in [0.5, 0.6) is 5.75 Å². The normalized spacial score (nSPS) is 18.0. The van der Waals surface area contributed by atoms with Gasteiger partial charge in [0, 0.05) is 37.2 Å². The highest BCUT2D eigenvalue weighted by Crippen LogP contribution is 2.25. The van der Waals surface area contributed by atoms with Gasteiger partial charge in [-0.3, -0.25) is 9.59 Å². The maximum Gasteiger partial charge on any atom is 0.254 e. The lowest BCUT2D eigenvalue weighted by Crippen LogP contribution is -2.40. The predicted octanol–water partition coefficient (Wildman–Crippen LogP) is 1.29. The van der Waals surface area contributed by atoms with Gasteiger partial charge < -0.3 is 19.3 Å². The van der Waals surface area contributed by atoms with Crippen LogP contribution < -0.4 is 4.74 Å². The first-order valence-corrected chi connectivity index (χ1v) is 8.09. The number of carbonyl (C=O) groups is 2. The molecular weight excluding hydrogens is 296 g/mol. The lowest BCUT2D eigenvalue weighted by molar-refractivity contribution is -0.131. The lowest BCUT2D eigenvalue weighted by atomic mass is 10.1. The molecular formula is C17H22N2O4. The first kappa shape index (κ1) is 15.8. The highest BCUT2D eigenvalue weighted by Gasteiger charge is 2.22. The summed E-state index contributed by atoms with van der Waals surface area (Å²) in [5.41, 5.74) is 1.53. The number of ether oxygens (including phenoxy) is 2. The molecule has 0 spiro atoms. The Morgan fingerprint density at radius 1 is 1.09 bits per heavy atom. The van der Waals surface area contributed by atoms with Crippen molar-refractivity contribution in [2.45, 2.75) is 19.9 Å². The maximum atomic E-state index is 12.6. The molecule has 6 heteroatoms. The summed E-state index contributed by atoms with van der Waals surface area (Å²) >= 11 is 0. The van der Waals surface area contributed by atoms with E-state index in [9.17, 15) is 9.59 Å². The van der Waals surface area contributed by atoms with E-state index < -0.39 is 0 Å². The van der Waals surface area contributed by atoms with Crippen molar-refractivity contribution in [1.82, 2.24) is 9.80 Å². The van der Waals surface area contributed by atoms with Gasteiger partial charge in [0.25, 0.3) is 5.91 Å². The van der Waals surface area contributed by atoms with Crippen molar-refractivity contribution in [1.29, 1.82) is 0 Å². The van der Waals surface area contributed by atoms with Crippen molar-refractivity contribution in [2.24, 2.45) is 0 Å². The van der Waals surface area contributed by atoms with Crippen LogP contribution in [0.1, 0.15) is 29.3 Å². The van der Waals surface area contributed by atoms with E-state index in [1.54, 1.807) is 15.9 Å². The predicted molar refractivity (Wildman–Crippen MR) is 84.4 cm³/mol. The van der Waals surface area contributed by atoms with Crippen molar-refractivity contribution in [3.8, 4) is 5.75 Å². The first-order chi connectivity index (χ1) is 11.2. The number of nitrogens with zero attached hydrogens (tertiary/aromatic N) is 2. The smallest absolute Gasteiger partial charge is 0.254 e. The van der Waals surface area contributed by atoms with Gasteiger partial charge in [-0.1, -0.05) is 6.92 Å². The number of fused-ring (bicyclic) bond motifs is 1. The fraction of sp³-hybridized carbons (Fsp3) is 0.529. The SMILES string of the molecule is CCC(=O)N1CCOc2ccc(C(=O)N3CCOCC3)cc2C1. The number of rotatable bonds is 2. The summed E-state index contributed by atoms with van der Waals surface area (Å²) in [5.74, 6) is 0.870. The van der Waals surface area contributed by atoms with Crippen LogP contribution in [0.15, 0.2) is 18.2 Å². The van der Waals surface area contributed by atoms with Crippen molar-refractivity contribution in [3.05, 3.63) is 29.3 Å². The molecule has 0 aliphatic carbocycles. The minimum atomic E-state index is 0.00807. The van der Waals surface area contributed by atoms with E-state index in [0.717, 1.165) is 11.3 Å². The number of hydrogen-bond acceptors (Lipinski definition) is 4. The van der Waals surface area contributed by atoms with Gasteiger partial charge >= 0.3 is 0 Å². The van der Waals surface area contributed by atoms with Crippen LogP contribution in [-0.2, 0) is 16.1 Å². The van der Waals surface area contributed by atoms with Crippen molar-refractivity contribution in [3.63, 3.8) is 0 Å². The Kier molecular flexibility index (Phi) is 4.81. The summed E-state index contributed by atoms with van der Waals surface area (Å²) in [7, 11) is 0. The van der Waals surface area contributed by atoms with Crippen LogP contribution in [0.2, 0.25) is 0 Å². The van der Waals surface area contributed by atoms with Gasteiger partial charge in [-0.25, -0.2) is 0 Å². The van der Waals surface area contributed by atoms with E-state index in [0.29, 0.717) is 58.0 Å². The fourth-order valence-electron chi connectivity index (χ4n) is 2.91. The Labute approximate surface area is 136 Å². The minimum absolute atomic E-state index is 0.00807. The molecule has 2 aliphatic heterocycles. The second-order valence-electron chi connectivity index (χ2n) is 5.74. The average molecular weight is 318 g/mol. The third kappa shape index (κ3) is 3.47. The highest BCUT2D eigenvalue weighted by atomic mass is 16.5. The highest BCUT2D eigenvalue weighted by molar-refractivity contribution is 5.94. The van der Waals surface area contributed by atoms with E-state index in [2.05, 4.69) is 0 Å². The molecule has 124 valence electrons. The third-order valence-electron chi connectivity index (χ3n) is 4.24. The molecule has 6 nitrogen and oxygen atoms in total. The number of benzene rings is 1. The van der Waals surface area contributed by atoms with Gasteiger partial charge in [-0.15, -0.1) is 0 Å². The molecule has 2 aliphatic rings. The number of morpholine rings is 1. The van der Waals surface area contributed by atoms with Crippen LogP contribution in [0.25, 0.3) is 0 Å². The molecule has 1 aromatic rings. The van der Waals surface area contributed by atoms with E-state index in [1.165, 1.54) is 0 Å². The zero-order valence-corrected chi connectivity index (χ0v) is 13.4. The number of hydrogen-bond donors (Lipinski definition) is 0. The third-order valence-corrected chi connectivity index (χ3v) is 4.24. The topological polar surface area (TPSA) is 59.1 Å². The molecule has 0 aromatic heterocycles. The molecule has 2 heterocycles. The van der Waals surface area contributed by atoms with E-state index in [1.807, 2.05) is 19.1 Å². The molecule has 23 heavy (non-hydrogen) atoms. The summed E-state index contributed by atoms with van der Waals surface area (Å²) in [5, 5.41) is 0. The van der Waals surface area contributed by atoms with Crippen LogP contribution in [-0.4, -0.2) is 61.1 Å². The molecule has 0 saturated carbocycles. The molecule has 0 bridgehead atoms. The quantitative estimate of drug-likeness (QED) is 0.824. The van der Waals surface area contributed by atoms with Crippen molar-refractivity contribution < 1.29 is 19.1 Å². The summed E-state index contributed by atoms with van der Waals surface area (Å²) in [4.78, 5) is 28.2. The van der Waals surface area contributed by atoms with Crippen LogP contribution >= 0.6 is 0 Å². The maximum absolute atomic E-state index is 12.6. The molecule has 0 atom stereocenters. The monoisotopic (exact) mass is 318 g/mol. The van der Waals surface area contributed by atoms with Gasteiger partial charge in [0.05, 0.1) is 19.8 Å². The van der Waals surface area contributed by atoms with Crippen molar-refractivity contribution in [2.75, 3.05) is 39.5 Å². The summed E-state index contributed by atoms with van der Waals surface area (Å²) in [6.45, 7) is 5.81. The standard InChI is InChI=1S/C17H22N2O4/c1-2-16(20)19-7-10-23-15-4-3-13(11-14(15)12-19)17(21)18-5-8-22-9-6-18/h3-4,11H,2,5-10,12H2,1H3. The summed E-state index contributed by atoms with van der Waals surface area (Å²) < 4.78 is 11.0. The minimum Gasteiger partial charge on any atom is -0.491 e. The Hall–Kier alpha value is -2.08. The zero-order valence-electron chi connectivity index (χ0n) is 13.4. The molecule has 3 rings (SSSR count). The van der Waals surface area contributed by atoms with Gasteiger partial charge in [-0.2, -0.15) is 0 Å². The summed E-state index contributed by atoms with van der Waals surface area (Å²) in [6.07, 6.45) is 0.474. The second-order valence-corrected chi connectivity index (χ2v) is 5.74. The van der Waals surface area contributed by atoms with E-state index >= 15 is 0 Å². The van der Waals surface area contributed by atoms with Gasteiger partial charge in [-0.05, 0) is 18.2 Å². The van der Waals surface area contributed by atoms with Crippen molar-refractivity contribution >= 4 is 11.8 Å². The Balaban J connectivity index is 1.81. The molecule has 1 fully saturated rings. The molecule has 1 saturated heterocycles. The van der Waals surface area contributed by atoms with Crippen LogP contribution in [0.3, 0.4) is 0 Å². The van der Waals surface area contributed by atoms with Gasteiger partial charge in [0.15, 0.2) is 0 Å². The molecule has 0 radical (unpaired) electrons. The molecule has 1 aromatic carbocycles. The Bertz CT molecular complexity index is 596. The Morgan fingerprint density at radius 3 is 2.57 bits per heavy atom. The van der Waals surface area contributed by atoms with Gasteiger partial charge in [0.1, 0.15) is 12.4 Å². The second kappa shape index (κ2) is 7.00. The van der Waals surface area contributed by atoms with E-state index in [-0.39, 0.29) is 11.8 Å². The molecule has 0 unspecified atom stereocenters. The van der Waals surface area contributed by atoms with E-state index in [4.69, 9.17) is 9.47 Å². The number of amides is 2. The number of carbonyl (C=O) groups excluding carboxylic acids is 2. The Morgan fingerprint density at radius 2 is 1.83 bits per heavy atom. The molecule has 0 N–H and O–H groups in total. The first-order valence-electron chi connectivity index (χ1n) is 8.09.